The first kappa shape index (κ1) is 10.5. The molecule has 0 saturated carbocycles. The molecule has 4 heteroatoms. The smallest absolute Gasteiger partial charge is 0.159 e. The number of ether oxygens (including phenoxy) is 1. The lowest BCUT2D eigenvalue weighted by atomic mass is 10.1. The Kier molecular flexibility index (Phi) is 2.74. The van der Waals surface area contributed by atoms with Crippen molar-refractivity contribution in [3.8, 4) is 5.75 Å². The highest BCUT2D eigenvalue weighted by molar-refractivity contribution is 5.85. The average Bonchev–Trinajstić information content (AvgIpc) is 2.02. The van der Waals surface area contributed by atoms with Crippen LogP contribution in [0.5, 0.6) is 5.75 Å². The summed E-state index contributed by atoms with van der Waals surface area (Å²) in [6.45, 7) is 3.31. The van der Waals surface area contributed by atoms with Crippen molar-refractivity contribution < 1.29 is 9.13 Å². The van der Waals surface area contributed by atoms with Crippen molar-refractivity contribution in [2.24, 2.45) is 5.73 Å². The van der Waals surface area contributed by atoms with Gasteiger partial charge in [-0.2, -0.15) is 0 Å². The Bertz CT molecular complexity index is 350. The lowest BCUT2D eigenvalue weighted by molar-refractivity contribution is 0.179. The summed E-state index contributed by atoms with van der Waals surface area (Å²) >= 11 is 0. The van der Waals surface area contributed by atoms with Crippen LogP contribution in [0.1, 0.15) is 13.8 Å². The molecule has 0 bridgehead atoms. The number of hydrogen-bond acceptors (Lipinski definition) is 2. The van der Waals surface area contributed by atoms with Gasteiger partial charge in [-0.05, 0) is 26.0 Å². The molecule has 3 N–H and O–H groups in total. The number of nitrogens with two attached hydrogens (primary N) is 1. The molecular formula is C10H13FN2O. The zero-order chi connectivity index (χ0) is 10.8. The molecule has 1 rings (SSSR count). The fourth-order valence-electron chi connectivity index (χ4n) is 0.880. The van der Waals surface area contributed by atoms with E-state index in [2.05, 4.69) is 0 Å². The minimum atomic E-state index is -0.909. The van der Waals surface area contributed by atoms with E-state index < -0.39 is 5.60 Å². The Hall–Kier alpha value is -1.58. The molecule has 0 amide bonds. The molecule has 76 valence electrons. The van der Waals surface area contributed by atoms with Crippen LogP contribution in [0.15, 0.2) is 24.3 Å². The highest BCUT2D eigenvalue weighted by atomic mass is 19.1. The molecule has 0 atom stereocenters. The van der Waals surface area contributed by atoms with Crippen LogP contribution in [0, 0.1) is 11.2 Å². The van der Waals surface area contributed by atoms with Gasteiger partial charge in [0.25, 0.3) is 0 Å². The van der Waals surface area contributed by atoms with Gasteiger partial charge in [0.15, 0.2) is 5.60 Å². The van der Waals surface area contributed by atoms with Gasteiger partial charge in [-0.3, -0.25) is 5.41 Å². The van der Waals surface area contributed by atoms with Gasteiger partial charge in [-0.15, -0.1) is 0 Å². The molecule has 0 aliphatic heterocycles. The fraction of sp³-hybridized carbons (Fsp3) is 0.300. The Labute approximate surface area is 82.2 Å². The number of nitrogens with one attached hydrogen (secondary N) is 1. The largest absolute Gasteiger partial charge is 0.480 e. The zero-order valence-corrected chi connectivity index (χ0v) is 8.17. The highest BCUT2D eigenvalue weighted by Crippen LogP contribution is 2.18. The van der Waals surface area contributed by atoms with E-state index in [0.29, 0.717) is 5.75 Å². The minimum absolute atomic E-state index is 0.0956. The summed E-state index contributed by atoms with van der Waals surface area (Å²) < 4.78 is 18.1. The second kappa shape index (κ2) is 3.65. The molecule has 1 aromatic carbocycles. The molecule has 14 heavy (non-hydrogen) atoms. The van der Waals surface area contributed by atoms with Crippen LogP contribution < -0.4 is 10.5 Å². The molecule has 0 aromatic heterocycles. The third kappa shape index (κ3) is 2.45. The van der Waals surface area contributed by atoms with E-state index in [1.807, 2.05) is 0 Å². The van der Waals surface area contributed by atoms with Crippen LogP contribution >= 0.6 is 0 Å². The van der Waals surface area contributed by atoms with Crippen LogP contribution in [0.2, 0.25) is 0 Å². The first-order valence-electron chi connectivity index (χ1n) is 4.21. The van der Waals surface area contributed by atoms with Crippen molar-refractivity contribution in [1.82, 2.24) is 0 Å². The zero-order valence-electron chi connectivity index (χ0n) is 8.17. The molecule has 0 spiro atoms. The summed E-state index contributed by atoms with van der Waals surface area (Å²) in [7, 11) is 0. The van der Waals surface area contributed by atoms with Crippen molar-refractivity contribution in [3.63, 3.8) is 0 Å². The van der Waals surface area contributed by atoms with Crippen molar-refractivity contribution >= 4 is 5.84 Å². The molecule has 3 nitrogen and oxygen atoms in total. The first-order chi connectivity index (χ1) is 6.42. The van der Waals surface area contributed by atoms with Gasteiger partial charge in [-0.1, -0.05) is 6.07 Å². The van der Waals surface area contributed by atoms with Gasteiger partial charge >= 0.3 is 0 Å². The van der Waals surface area contributed by atoms with Crippen LogP contribution in [-0.4, -0.2) is 11.4 Å². The number of hydrogen-bond donors (Lipinski definition) is 2. The molecule has 0 heterocycles. The Balaban J connectivity index is 2.83. The van der Waals surface area contributed by atoms with E-state index in [4.69, 9.17) is 15.9 Å². The lowest BCUT2D eigenvalue weighted by Gasteiger charge is -2.24. The van der Waals surface area contributed by atoms with Gasteiger partial charge in [0.1, 0.15) is 17.4 Å². The van der Waals surface area contributed by atoms with Crippen molar-refractivity contribution in [1.29, 1.82) is 5.41 Å². The van der Waals surface area contributed by atoms with E-state index >= 15 is 0 Å². The number of benzene rings is 1. The quantitative estimate of drug-likeness (QED) is 0.573. The Morgan fingerprint density at radius 1 is 1.50 bits per heavy atom. The Morgan fingerprint density at radius 2 is 2.14 bits per heavy atom. The second-order valence-electron chi connectivity index (χ2n) is 3.48. The third-order valence-corrected chi connectivity index (χ3v) is 1.82. The summed E-state index contributed by atoms with van der Waals surface area (Å²) in [6, 6.07) is 5.74. The van der Waals surface area contributed by atoms with Gasteiger partial charge in [0, 0.05) is 6.07 Å². The number of rotatable bonds is 3. The molecule has 0 unspecified atom stereocenters. The predicted octanol–water partition coefficient (Wildman–Crippen LogP) is 1.92. The van der Waals surface area contributed by atoms with E-state index in [-0.39, 0.29) is 11.7 Å². The van der Waals surface area contributed by atoms with Crippen LogP contribution in [0.3, 0.4) is 0 Å². The topological polar surface area (TPSA) is 59.1 Å². The molecule has 0 fully saturated rings. The van der Waals surface area contributed by atoms with Gasteiger partial charge in [-0.25, -0.2) is 4.39 Å². The molecule has 0 aliphatic carbocycles. The number of amidine groups is 1. The standard InChI is InChI=1S/C10H13FN2O/c1-10(2,9(12)13)14-8-5-3-4-7(11)6-8/h3-6H,1-2H3,(H3,12,13). The molecule has 0 aliphatic rings. The van der Waals surface area contributed by atoms with Crippen molar-refractivity contribution in [2.45, 2.75) is 19.4 Å². The second-order valence-corrected chi connectivity index (χ2v) is 3.48. The normalized spacial score (nSPS) is 11.1. The molecule has 0 radical (unpaired) electrons. The molecule has 1 aromatic rings. The van der Waals surface area contributed by atoms with Crippen LogP contribution in [-0.2, 0) is 0 Å². The summed E-state index contributed by atoms with van der Waals surface area (Å²) in [5, 5.41) is 7.26. The van der Waals surface area contributed by atoms with Gasteiger partial charge < -0.3 is 10.5 Å². The maximum atomic E-state index is 12.8. The summed E-state index contributed by atoms with van der Waals surface area (Å²) in [6.07, 6.45) is 0. The van der Waals surface area contributed by atoms with E-state index in [0.717, 1.165) is 0 Å². The predicted molar refractivity (Wildman–Crippen MR) is 53.0 cm³/mol. The molecule has 0 saturated heterocycles. The number of halogens is 1. The van der Waals surface area contributed by atoms with Crippen LogP contribution in [0.4, 0.5) is 4.39 Å². The minimum Gasteiger partial charge on any atom is -0.480 e. The van der Waals surface area contributed by atoms with Crippen LogP contribution in [0.25, 0.3) is 0 Å². The van der Waals surface area contributed by atoms with Crippen molar-refractivity contribution in [3.05, 3.63) is 30.1 Å². The summed E-state index contributed by atoms with van der Waals surface area (Å²) in [5.74, 6) is -0.103. The first-order valence-corrected chi connectivity index (χ1v) is 4.21. The van der Waals surface area contributed by atoms with Gasteiger partial charge in [0.05, 0.1) is 0 Å². The fourth-order valence-corrected chi connectivity index (χ4v) is 0.880. The van der Waals surface area contributed by atoms with Crippen molar-refractivity contribution in [2.75, 3.05) is 0 Å². The van der Waals surface area contributed by atoms with E-state index in [1.165, 1.54) is 12.1 Å². The SMILES string of the molecule is CC(C)(Oc1cccc(F)c1)C(=N)N. The highest BCUT2D eigenvalue weighted by Gasteiger charge is 2.23. The monoisotopic (exact) mass is 196 g/mol. The average molecular weight is 196 g/mol. The Morgan fingerprint density at radius 3 is 2.64 bits per heavy atom. The lowest BCUT2D eigenvalue weighted by Crippen LogP contribution is -2.42. The van der Waals surface area contributed by atoms with Gasteiger partial charge in [0.2, 0.25) is 0 Å². The maximum absolute atomic E-state index is 12.8. The summed E-state index contributed by atoms with van der Waals surface area (Å²) in [5.41, 5.74) is 4.41. The maximum Gasteiger partial charge on any atom is 0.159 e. The van der Waals surface area contributed by atoms with E-state index in [9.17, 15) is 4.39 Å². The van der Waals surface area contributed by atoms with E-state index in [1.54, 1.807) is 26.0 Å². The summed E-state index contributed by atoms with van der Waals surface area (Å²) in [4.78, 5) is 0. The molecular weight excluding hydrogens is 183 g/mol. The third-order valence-electron chi connectivity index (χ3n) is 1.82.